The second kappa shape index (κ2) is 6.41. The normalized spacial score (nSPS) is 18.8. The van der Waals surface area contributed by atoms with Crippen LogP contribution in [0.15, 0.2) is 18.2 Å². The molecule has 1 aliphatic heterocycles. The number of nitrogens with zero attached hydrogens (tertiary/aromatic N) is 4. The molecular weight excluding hydrogens is 290 g/mol. The molecule has 7 heteroatoms. The first-order valence-corrected chi connectivity index (χ1v) is 7.55. The number of rotatable bonds is 4. The number of hydrogen-bond donors (Lipinski definition) is 1. The number of tetrazole rings is 1. The summed E-state index contributed by atoms with van der Waals surface area (Å²) in [7, 11) is 0. The lowest BCUT2D eigenvalue weighted by Gasteiger charge is -2.22. The molecule has 1 aromatic carbocycles. The fourth-order valence-electron chi connectivity index (χ4n) is 2.53. The van der Waals surface area contributed by atoms with Gasteiger partial charge < -0.3 is 10.5 Å². The second-order valence-electron chi connectivity index (χ2n) is 5.24. The molecule has 0 spiro atoms. The molecule has 21 heavy (non-hydrogen) atoms. The van der Waals surface area contributed by atoms with Crippen LogP contribution >= 0.6 is 11.6 Å². The van der Waals surface area contributed by atoms with Crippen molar-refractivity contribution in [3.05, 3.63) is 23.2 Å². The molecule has 1 unspecified atom stereocenters. The number of ether oxygens (including phenoxy) is 1. The molecule has 6 nitrogen and oxygen atoms in total. The van der Waals surface area contributed by atoms with Crippen LogP contribution in [0.1, 0.15) is 25.7 Å². The number of nitrogen functional groups attached to an aromatic ring is 1. The molecule has 2 heterocycles. The Morgan fingerprint density at radius 3 is 3.05 bits per heavy atom. The predicted octanol–water partition coefficient (Wildman–Crippen LogP) is 2.53. The van der Waals surface area contributed by atoms with E-state index in [1.165, 1.54) is 6.42 Å². The molecule has 0 saturated carbocycles. The highest BCUT2D eigenvalue weighted by Gasteiger charge is 2.16. The van der Waals surface area contributed by atoms with Crippen LogP contribution in [0, 0.1) is 0 Å². The fourth-order valence-corrected chi connectivity index (χ4v) is 2.71. The van der Waals surface area contributed by atoms with Gasteiger partial charge in [0.25, 0.3) is 0 Å². The van der Waals surface area contributed by atoms with Crippen molar-refractivity contribution in [1.29, 1.82) is 0 Å². The maximum absolute atomic E-state index is 6.06. The van der Waals surface area contributed by atoms with E-state index >= 15 is 0 Å². The Kier molecular flexibility index (Phi) is 4.36. The topological polar surface area (TPSA) is 78.9 Å². The third-order valence-electron chi connectivity index (χ3n) is 3.73. The number of hydrogen-bond acceptors (Lipinski definition) is 5. The minimum Gasteiger partial charge on any atom is -0.398 e. The molecular formula is C14H18ClN5O. The molecule has 0 aliphatic carbocycles. The van der Waals surface area contributed by atoms with Crippen LogP contribution in [0.5, 0.6) is 0 Å². The summed E-state index contributed by atoms with van der Waals surface area (Å²) in [5, 5.41) is 12.4. The minimum absolute atomic E-state index is 0.311. The molecule has 1 aliphatic rings. The maximum atomic E-state index is 6.06. The monoisotopic (exact) mass is 307 g/mol. The van der Waals surface area contributed by atoms with Gasteiger partial charge in [-0.1, -0.05) is 11.6 Å². The highest BCUT2D eigenvalue weighted by Crippen LogP contribution is 2.25. The average molecular weight is 308 g/mol. The van der Waals surface area contributed by atoms with E-state index in [4.69, 9.17) is 22.1 Å². The Balaban J connectivity index is 1.72. The van der Waals surface area contributed by atoms with Gasteiger partial charge in [0, 0.05) is 18.7 Å². The van der Waals surface area contributed by atoms with E-state index in [0.717, 1.165) is 38.0 Å². The zero-order chi connectivity index (χ0) is 14.7. The summed E-state index contributed by atoms with van der Waals surface area (Å²) in [6, 6.07) is 5.43. The summed E-state index contributed by atoms with van der Waals surface area (Å²) in [5.41, 5.74) is 7.14. The number of aryl methyl sites for hydroxylation is 1. The van der Waals surface area contributed by atoms with Crippen LogP contribution in [0.3, 0.4) is 0 Å². The molecule has 2 N–H and O–H groups in total. The Hall–Kier alpha value is -1.66. The van der Waals surface area contributed by atoms with Crippen LogP contribution in [0.4, 0.5) is 5.69 Å². The van der Waals surface area contributed by atoms with Crippen LogP contribution in [0.25, 0.3) is 11.4 Å². The minimum atomic E-state index is 0.311. The Bertz CT molecular complexity index is 609. The highest BCUT2D eigenvalue weighted by atomic mass is 35.5. The van der Waals surface area contributed by atoms with Gasteiger partial charge in [0.1, 0.15) is 0 Å². The summed E-state index contributed by atoms with van der Waals surface area (Å²) in [5.74, 6) is 0.702. The quantitative estimate of drug-likeness (QED) is 0.878. The molecule has 3 rings (SSSR count). The summed E-state index contributed by atoms with van der Waals surface area (Å²) >= 11 is 6.06. The largest absolute Gasteiger partial charge is 0.398 e. The number of aromatic nitrogens is 4. The van der Waals surface area contributed by atoms with E-state index in [-0.39, 0.29) is 0 Å². The van der Waals surface area contributed by atoms with E-state index in [1.807, 2.05) is 6.07 Å². The van der Waals surface area contributed by atoms with Gasteiger partial charge in [-0.3, -0.25) is 0 Å². The van der Waals surface area contributed by atoms with Crippen molar-refractivity contribution in [2.24, 2.45) is 0 Å². The molecule has 0 radical (unpaired) electrons. The Morgan fingerprint density at radius 2 is 2.29 bits per heavy atom. The lowest BCUT2D eigenvalue weighted by molar-refractivity contribution is 0.00828. The van der Waals surface area contributed by atoms with Crippen molar-refractivity contribution in [2.45, 2.75) is 38.3 Å². The molecule has 1 aromatic heterocycles. The summed E-state index contributed by atoms with van der Waals surface area (Å²) in [6.45, 7) is 1.59. The van der Waals surface area contributed by atoms with Crippen LogP contribution in [-0.2, 0) is 11.3 Å². The lowest BCUT2D eigenvalue weighted by atomic mass is 10.1. The first-order chi connectivity index (χ1) is 10.2. The molecule has 112 valence electrons. The number of halogens is 1. The first kappa shape index (κ1) is 14.3. The van der Waals surface area contributed by atoms with Gasteiger partial charge in [0.2, 0.25) is 0 Å². The molecule has 1 saturated heterocycles. The average Bonchev–Trinajstić information content (AvgIpc) is 2.97. The molecule has 1 atom stereocenters. The number of nitrogens with two attached hydrogens (primary N) is 1. The third kappa shape index (κ3) is 3.33. The number of benzene rings is 1. The van der Waals surface area contributed by atoms with E-state index in [2.05, 4.69) is 15.5 Å². The van der Waals surface area contributed by atoms with Crippen molar-refractivity contribution in [3.63, 3.8) is 0 Å². The van der Waals surface area contributed by atoms with Gasteiger partial charge in [-0.2, -0.15) is 0 Å². The third-order valence-corrected chi connectivity index (χ3v) is 4.05. The molecule has 0 amide bonds. The maximum Gasteiger partial charge on any atom is 0.182 e. The van der Waals surface area contributed by atoms with Crippen LogP contribution in [-0.4, -0.2) is 32.9 Å². The van der Waals surface area contributed by atoms with Crippen molar-refractivity contribution in [3.8, 4) is 11.4 Å². The SMILES string of the molecule is Nc1ccc(-c2nnnn2CCC2CCCCO2)cc1Cl. The molecule has 1 fully saturated rings. The second-order valence-corrected chi connectivity index (χ2v) is 5.65. The van der Waals surface area contributed by atoms with Gasteiger partial charge in [0.15, 0.2) is 5.82 Å². The van der Waals surface area contributed by atoms with Gasteiger partial charge in [0.05, 0.1) is 16.8 Å². The van der Waals surface area contributed by atoms with Crippen LogP contribution < -0.4 is 5.73 Å². The van der Waals surface area contributed by atoms with Gasteiger partial charge in [-0.15, -0.1) is 5.10 Å². The number of anilines is 1. The summed E-state index contributed by atoms with van der Waals surface area (Å²) in [4.78, 5) is 0. The van der Waals surface area contributed by atoms with E-state index in [1.54, 1.807) is 16.8 Å². The van der Waals surface area contributed by atoms with Crippen molar-refractivity contribution >= 4 is 17.3 Å². The predicted molar refractivity (Wildman–Crippen MR) is 80.9 cm³/mol. The highest BCUT2D eigenvalue weighted by molar-refractivity contribution is 6.33. The Labute approximate surface area is 128 Å². The van der Waals surface area contributed by atoms with E-state index < -0.39 is 0 Å². The lowest BCUT2D eigenvalue weighted by Crippen LogP contribution is -2.21. The zero-order valence-electron chi connectivity index (χ0n) is 11.7. The van der Waals surface area contributed by atoms with E-state index in [9.17, 15) is 0 Å². The van der Waals surface area contributed by atoms with E-state index in [0.29, 0.717) is 22.6 Å². The smallest absolute Gasteiger partial charge is 0.182 e. The summed E-state index contributed by atoms with van der Waals surface area (Å²) in [6.07, 6.45) is 4.74. The van der Waals surface area contributed by atoms with Crippen molar-refractivity contribution < 1.29 is 4.74 Å². The fraction of sp³-hybridized carbons (Fsp3) is 0.500. The molecule has 2 aromatic rings. The summed E-state index contributed by atoms with van der Waals surface area (Å²) < 4.78 is 7.53. The van der Waals surface area contributed by atoms with Crippen molar-refractivity contribution in [2.75, 3.05) is 12.3 Å². The van der Waals surface area contributed by atoms with Gasteiger partial charge in [-0.05, 0) is 54.3 Å². The van der Waals surface area contributed by atoms with Crippen molar-refractivity contribution in [1.82, 2.24) is 20.2 Å². The van der Waals surface area contributed by atoms with Crippen LogP contribution in [0.2, 0.25) is 5.02 Å². The first-order valence-electron chi connectivity index (χ1n) is 7.17. The standard InChI is InChI=1S/C14H18ClN5O/c15-12-9-10(4-5-13(12)16)14-17-18-19-20(14)7-6-11-3-1-2-8-21-11/h4-5,9,11H,1-3,6-8,16H2. The van der Waals surface area contributed by atoms with Gasteiger partial charge >= 0.3 is 0 Å². The van der Waals surface area contributed by atoms with Gasteiger partial charge in [-0.25, -0.2) is 4.68 Å². The zero-order valence-corrected chi connectivity index (χ0v) is 12.5. The molecule has 0 bridgehead atoms. The Morgan fingerprint density at radius 1 is 1.38 bits per heavy atom.